The van der Waals surface area contributed by atoms with E-state index in [4.69, 9.17) is 4.74 Å². The van der Waals surface area contributed by atoms with E-state index < -0.39 is 0 Å². The predicted molar refractivity (Wildman–Crippen MR) is 80.6 cm³/mol. The molecular weight excluding hydrogens is 256 g/mol. The number of thiazole rings is 1. The number of ether oxygens (including phenoxy) is 1. The van der Waals surface area contributed by atoms with E-state index in [0.29, 0.717) is 18.8 Å². The molecule has 0 radical (unpaired) electrons. The topological polar surface area (TPSA) is 34.1 Å². The average Bonchev–Trinajstić information content (AvgIpc) is 2.92. The van der Waals surface area contributed by atoms with Crippen molar-refractivity contribution in [2.45, 2.75) is 71.1 Å². The second kappa shape index (κ2) is 7.98. The SMILES string of the molecule is CCCNC1CCC(OCc2csc(CC)n2)CC1. The van der Waals surface area contributed by atoms with E-state index in [2.05, 4.69) is 29.5 Å². The smallest absolute Gasteiger partial charge is 0.0926 e. The van der Waals surface area contributed by atoms with Crippen LogP contribution in [0.2, 0.25) is 0 Å². The maximum atomic E-state index is 6.00. The van der Waals surface area contributed by atoms with Crippen LogP contribution in [-0.2, 0) is 17.8 Å². The second-order valence-electron chi connectivity index (χ2n) is 5.32. The second-order valence-corrected chi connectivity index (χ2v) is 6.27. The third-order valence-corrected chi connectivity index (χ3v) is 4.77. The highest BCUT2D eigenvalue weighted by Gasteiger charge is 2.21. The molecule has 0 saturated heterocycles. The summed E-state index contributed by atoms with van der Waals surface area (Å²) in [5, 5.41) is 6.96. The lowest BCUT2D eigenvalue weighted by molar-refractivity contribution is 0.0100. The average molecular weight is 282 g/mol. The van der Waals surface area contributed by atoms with Crippen molar-refractivity contribution in [1.82, 2.24) is 10.3 Å². The molecule has 0 amide bonds. The molecule has 4 heteroatoms. The Kier molecular flexibility index (Phi) is 6.28. The normalized spacial score (nSPS) is 23.7. The first-order chi connectivity index (χ1) is 9.31. The highest BCUT2D eigenvalue weighted by molar-refractivity contribution is 7.09. The van der Waals surface area contributed by atoms with E-state index in [9.17, 15) is 0 Å². The number of rotatable bonds is 7. The summed E-state index contributed by atoms with van der Waals surface area (Å²) in [5.41, 5.74) is 1.10. The van der Waals surface area contributed by atoms with Gasteiger partial charge in [0.25, 0.3) is 0 Å². The molecule has 1 aliphatic carbocycles. The molecule has 3 nitrogen and oxygen atoms in total. The van der Waals surface area contributed by atoms with Crippen LogP contribution in [0.1, 0.15) is 56.7 Å². The summed E-state index contributed by atoms with van der Waals surface area (Å²) < 4.78 is 6.00. The minimum absolute atomic E-state index is 0.437. The zero-order chi connectivity index (χ0) is 13.5. The quantitative estimate of drug-likeness (QED) is 0.830. The third kappa shape index (κ3) is 4.86. The van der Waals surface area contributed by atoms with Gasteiger partial charge < -0.3 is 10.1 Å². The summed E-state index contributed by atoms with van der Waals surface area (Å²) in [7, 11) is 0. The molecule has 1 aliphatic rings. The van der Waals surface area contributed by atoms with Gasteiger partial charge in [-0.2, -0.15) is 0 Å². The minimum atomic E-state index is 0.437. The van der Waals surface area contributed by atoms with Crippen LogP contribution in [0.25, 0.3) is 0 Å². The van der Waals surface area contributed by atoms with Crippen molar-refractivity contribution in [3.8, 4) is 0 Å². The molecule has 108 valence electrons. The van der Waals surface area contributed by atoms with E-state index in [1.807, 2.05) is 0 Å². The molecule has 1 fully saturated rings. The molecule has 1 saturated carbocycles. The predicted octanol–water partition coefficient (Wildman–Crippen LogP) is 3.53. The lowest BCUT2D eigenvalue weighted by Crippen LogP contribution is -2.35. The Morgan fingerprint density at radius 2 is 2.11 bits per heavy atom. The van der Waals surface area contributed by atoms with Crippen LogP contribution >= 0.6 is 11.3 Å². The van der Waals surface area contributed by atoms with Crippen LogP contribution < -0.4 is 5.32 Å². The van der Waals surface area contributed by atoms with Crippen molar-refractivity contribution in [1.29, 1.82) is 0 Å². The number of hydrogen-bond donors (Lipinski definition) is 1. The number of hydrogen-bond acceptors (Lipinski definition) is 4. The van der Waals surface area contributed by atoms with Gasteiger partial charge in [0.05, 0.1) is 23.4 Å². The van der Waals surface area contributed by atoms with Gasteiger partial charge in [-0.05, 0) is 45.1 Å². The molecule has 0 atom stereocenters. The van der Waals surface area contributed by atoms with Crippen LogP contribution in [0.5, 0.6) is 0 Å². The van der Waals surface area contributed by atoms with Gasteiger partial charge >= 0.3 is 0 Å². The largest absolute Gasteiger partial charge is 0.372 e. The number of nitrogens with one attached hydrogen (secondary N) is 1. The molecular formula is C15H26N2OS. The lowest BCUT2D eigenvalue weighted by Gasteiger charge is -2.29. The Balaban J connectivity index is 1.65. The molecule has 1 aromatic heterocycles. The Labute approximate surface area is 120 Å². The minimum Gasteiger partial charge on any atom is -0.372 e. The number of aryl methyl sites for hydroxylation is 1. The molecule has 0 aromatic carbocycles. The fraction of sp³-hybridized carbons (Fsp3) is 0.800. The lowest BCUT2D eigenvalue weighted by atomic mass is 9.93. The number of nitrogens with zero attached hydrogens (tertiary/aromatic N) is 1. The van der Waals surface area contributed by atoms with Gasteiger partial charge in [0.1, 0.15) is 0 Å². The van der Waals surface area contributed by atoms with Gasteiger partial charge in [0.2, 0.25) is 0 Å². The summed E-state index contributed by atoms with van der Waals surface area (Å²) >= 11 is 1.74. The van der Waals surface area contributed by atoms with E-state index >= 15 is 0 Å². The fourth-order valence-electron chi connectivity index (χ4n) is 2.56. The van der Waals surface area contributed by atoms with E-state index in [1.165, 1.54) is 37.1 Å². The highest BCUT2D eigenvalue weighted by Crippen LogP contribution is 2.22. The van der Waals surface area contributed by atoms with Gasteiger partial charge in [-0.1, -0.05) is 13.8 Å². The van der Waals surface area contributed by atoms with Crippen LogP contribution in [0.3, 0.4) is 0 Å². The zero-order valence-electron chi connectivity index (χ0n) is 12.2. The van der Waals surface area contributed by atoms with Crippen LogP contribution in [0.4, 0.5) is 0 Å². The Morgan fingerprint density at radius 1 is 1.32 bits per heavy atom. The van der Waals surface area contributed by atoms with Crippen molar-refractivity contribution >= 4 is 11.3 Å². The first kappa shape index (κ1) is 14.9. The van der Waals surface area contributed by atoms with Crippen LogP contribution in [0, 0.1) is 0 Å². The highest BCUT2D eigenvalue weighted by atomic mass is 32.1. The third-order valence-electron chi connectivity index (χ3n) is 3.73. The Bertz CT molecular complexity index is 359. The molecule has 1 heterocycles. The molecule has 0 bridgehead atoms. The maximum absolute atomic E-state index is 6.00. The van der Waals surface area contributed by atoms with Crippen molar-refractivity contribution < 1.29 is 4.74 Å². The van der Waals surface area contributed by atoms with Gasteiger partial charge in [-0.25, -0.2) is 4.98 Å². The maximum Gasteiger partial charge on any atom is 0.0926 e. The van der Waals surface area contributed by atoms with Crippen molar-refractivity contribution in [3.63, 3.8) is 0 Å². The van der Waals surface area contributed by atoms with Crippen molar-refractivity contribution in [3.05, 3.63) is 16.1 Å². The first-order valence-electron chi connectivity index (χ1n) is 7.60. The summed E-state index contributed by atoms with van der Waals surface area (Å²) in [6.45, 7) is 6.21. The van der Waals surface area contributed by atoms with E-state index in [0.717, 1.165) is 18.7 Å². The number of aromatic nitrogens is 1. The van der Waals surface area contributed by atoms with Crippen molar-refractivity contribution in [2.75, 3.05) is 6.54 Å². The summed E-state index contributed by atoms with van der Waals surface area (Å²) in [5.74, 6) is 0. The monoisotopic (exact) mass is 282 g/mol. The summed E-state index contributed by atoms with van der Waals surface area (Å²) in [6.07, 6.45) is 7.56. The van der Waals surface area contributed by atoms with Gasteiger partial charge in [0, 0.05) is 11.4 Å². The van der Waals surface area contributed by atoms with Crippen LogP contribution in [-0.4, -0.2) is 23.7 Å². The fourth-order valence-corrected chi connectivity index (χ4v) is 3.29. The van der Waals surface area contributed by atoms with Crippen molar-refractivity contribution in [2.24, 2.45) is 0 Å². The summed E-state index contributed by atoms with van der Waals surface area (Å²) in [6, 6.07) is 0.714. The Hall–Kier alpha value is -0.450. The molecule has 0 aliphatic heterocycles. The van der Waals surface area contributed by atoms with Gasteiger partial charge in [-0.15, -0.1) is 11.3 Å². The molecule has 0 unspecified atom stereocenters. The standard InChI is InChI=1S/C15H26N2OS/c1-3-9-16-12-5-7-14(8-6-12)18-10-13-11-19-15(4-2)17-13/h11-12,14,16H,3-10H2,1-2H3. The molecule has 2 rings (SSSR count). The van der Waals surface area contributed by atoms with E-state index in [1.54, 1.807) is 11.3 Å². The van der Waals surface area contributed by atoms with Crippen LogP contribution in [0.15, 0.2) is 5.38 Å². The first-order valence-corrected chi connectivity index (χ1v) is 8.48. The van der Waals surface area contributed by atoms with Gasteiger partial charge in [0.15, 0.2) is 0 Å². The summed E-state index contributed by atoms with van der Waals surface area (Å²) in [4.78, 5) is 4.55. The van der Waals surface area contributed by atoms with E-state index in [-0.39, 0.29) is 0 Å². The Morgan fingerprint density at radius 3 is 2.74 bits per heavy atom. The zero-order valence-corrected chi connectivity index (χ0v) is 13.0. The molecule has 0 spiro atoms. The molecule has 1 aromatic rings. The molecule has 1 N–H and O–H groups in total. The van der Waals surface area contributed by atoms with Gasteiger partial charge in [-0.3, -0.25) is 0 Å². The molecule has 19 heavy (non-hydrogen) atoms.